The Morgan fingerprint density at radius 2 is 1.03 bits per heavy atom. The van der Waals surface area contributed by atoms with E-state index in [0.29, 0.717) is 0 Å². The van der Waals surface area contributed by atoms with Crippen molar-refractivity contribution in [2.24, 2.45) is 0 Å². The molecule has 1 heterocycles. The number of rotatable bonds is 10. The summed E-state index contributed by atoms with van der Waals surface area (Å²) in [6.07, 6.45) is 13.4. The zero-order chi connectivity index (χ0) is 27.1. The SMILES string of the molecule is CCCCCCC1(CCCCCC)c2cc(C)ccc2-c2ccc(C)cc21.Cc1ccc(C)c2nsnc12. The van der Waals surface area contributed by atoms with Crippen LogP contribution in [0.25, 0.3) is 22.2 Å². The largest absolute Gasteiger partial charge is 0.173 e. The highest BCUT2D eigenvalue weighted by Gasteiger charge is 2.42. The van der Waals surface area contributed by atoms with E-state index in [-0.39, 0.29) is 5.41 Å². The van der Waals surface area contributed by atoms with E-state index in [1.807, 2.05) is 0 Å². The van der Waals surface area contributed by atoms with Crippen LogP contribution in [0.1, 0.15) is 111 Å². The second-order valence-electron chi connectivity index (χ2n) is 11.5. The molecular weight excluding hydrogens is 480 g/mol. The van der Waals surface area contributed by atoms with Gasteiger partial charge in [-0.15, -0.1) is 0 Å². The summed E-state index contributed by atoms with van der Waals surface area (Å²) in [4.78, 5) is 0. The lowest BCUT2D eigenvalue weighted by atomic mass is 9.70. The summed E-state index contributed by atoms with van der Waals surface area (Å²) in [7, 11) is 0. The van der Waals surface area contributed by atoms with Crippen LogP contribution in [-0.4, -0.2) is 8.75 Å². The Hall–Kier alpha value is -2.52. The van der Waals surface area contributed by atoms with Gasteiger partial charge in [0.2, 0.25) is 0 Å². The van der Waals surface area contributed by atoms with Crippen molar-refractivity contribution >= 4 is 22.8 Å². The molecule has 4 aromatic rings. The van der Waals surface area contributed by atoms with Crippen LogP contribution in [-0.2, 0) is 5.41 Å². The number of unbranched alkanes of at least 4 members (excludes halogenated alkanes) is 6. The number of hydrogen-bond donors (Lipinski definition) is 0. The number of aryl methyl sites for hydroxylation is 4. The first-order valence-corrected chi connectivity index (χ1v) is 15.6. The van der Waals surface area contributed by atoms with E-state index in [1.165, 1.54) is 109 Å². The Balaban J connectivity index is 0.000000253. The maximum atomic E-state index is 4.21. The van der Waals surface area contributed by atoms with E-state index >= 15 is 0 Å². The minimum absolute atomic E-state index is 0.240. The van der Waals surface area contributed by atoms with Gasteiger partial charge in [0.1, 0.15) is 11.0 Å². The maximum absolute atomic E-state index is 4.21. The van der Waals surface area contributed by atoms with Gasteiger partial charge < -0.3 is 0 Å². The fourth-order valence-electron chi connectivity index (χ4n) is 6.21. The first-order valence-electron chi connectivity index (χ1n) is 14.8. The third-order valence-corrected chi connectivity index (χ3v) is 8.93. The van der Waals surface area contributed by atoms with Crippen LogP contribution in [0.3, 0.4) is 0 Å². The van der Waals surface area contributed by atoms with Gasteiger partial charge in [-0.2, -0.15) is 8.75 Å². The van der Waals surface area contributed by atoms with Crippen LogP contribution in [0.2, 0.25) is 0 Å². The lowest BCUT2D eigenvalue weighted by molar-refractivity contribution is 0.400. The average Bonchev–Trinajstić information content (AvgIpc) is 3.51. The standard InChI is InChI=1S/C27H38.C8H8N2S/c1-5-7-9-11-17-27(18-12-10-8-6-2)25-19-21(3)13-15-23(25)24-16-14-22(4)20-26(24)27;1-5-3-4-6(2)8-7(5)9-11-10-8/h13-16,19-20H,5-12,17-18H2,1-4H3;3-4H,1-2H3. The predicted molar refractivity (Wildman–Crippen MR) is 167 cm³/mol. The van der Waals surface area contributed by atoms with Crippen LogP contribution >= 0.6 is 11.7 Å². The van der Waals surface area contributed by atoms with E-state index in [4.69, 9.17) is 0 Å². The van der Waals surface area contributed by atoms with Crippen LogP contribution in [0.4, 0.5) is 0 Å². The summed E-state index contributed by atoms with van der Waals surface area (Å²) in [6, 6.07) is 18.5. The van der Waals surface area contributed by atoms with Gasteiger partial charge >= 0.3 is 0 Å². The molecule has 5 rings (SSSR count). The molecule has 0 N–H and O–H groups in total. The number of hydrogen-bond acceptors (Lipinski definition) is 3. The van der Waals surface area contributed by atoms with E-state index in [9.17, 15) is 0 Å². The van der Waals surface area contributed by atoms with Gasteiger partial charge in [-0.1, -0.05) is 125 Å². The van der Waals surface area contributed by atoms with Crippen LogP contribution in [0.15, 0.2) is 48.5 Å². The molecule has 0 fully saturated rings. The molecule has 1 aliphatic rings. The smallest absolute Gasteiger partial charge is 0.107 e. The van der Waals surface area contributed by atoms with Gasteiger partial charge in [0.05, 0.1) is 11.7 Å². The maximum Gasteiger partial charge on any atom is 0.107 e. The Kier molecular flexibility index (Phi) is 9.76. The van der Waals surface area contributed by atoms with Gasteiger partial charge in [0.25, 0.3) is 0 Å². The average molecular weight is 527 g/mol. The van der Waals surface area contributed by atoms with Gasteiger partial charge in [-0.3, -0.25) is 0 Å². The van der Waals surface area contributed by atoms with Gasteiger partial charge in [0, 0.05) is 5.41 Å². The molecule has 202 valence electrons. The molecule has 0 unspecified atom stereocenters. The van der Waals surface area contributed by atoms with Crippen molar-refractivity contribution in [2.75, 3.05) is 0 Å². The number of benzene rings is 3. The molecule has 0 amide bonds. The second-order valence-corrected chi connectivity index (χ2v) is 12.0. The third-order valence-electron chi connectivity index (χ3n) is 8.40. The zero-order valence-corrected chi connectivity index (χ0v) is 25.3. The summed E-state index contributed by atoms with van der Waals surface area (Å²) >= 11 is 1.28. The summed E-state index contributed by atoms with van der Waals surface area (Å²) in [5, 5.41) is 0. The molecule has 38 heavy (non-hydrogen) atoms. The quantitative estimate of drug-likeness (QED) is 0.192. The molecule has 0 saturated heterocycles. The fourth-order valence-corrected chi connectivity index (χ4v) is 6.87. The number of nitrogens with zero attached hydrogens (tertiary/aromatic N) is 2. The van der Waals surface area contributed by atoms with Gasteiger partial charge in [-0.25, -0.2) is 0 Å². The topological polar surface area (TPSA) is 25.8 Å². The Labute approximate surface area is 235 Å². The minimum atomic E-state index is 0.240. The predicted octanol–water partition coefficient (Wildman–Crippen LogP) is 10.8. The highest BCUT2D eigenvalue weighted by Crippen LogP contribution is 2.54. The lowest BCUT2D eigenvalue weighted by Crippen LogP contribution is -2.25. The zero-order valence-electron chi connectivity index (χ0n) is 24.5. The summed E-state index contributed by atoms with van der Waals surface area (Å²) in [6.45, 7) is 13.3. The van der Waals surface area contributed by atoms with Crippen molar-refractivity contribution in [2.45, 2.75) is 111 Å². The second kappa shape index (κ2) is 13.0. The Morgan fingerprint density at radius 1 is 0.579 bits per heavy atom. The molecule has 0 bridgehead atoms. The van der Waals surface area contributed by atoms with Crippen molar-refractivity contribution < 1.29 is 0 Å². The van der Waals surface area contributed by atoms with E-state index in [0.717, 1.165) is 11.0 Å². The van der Waals surface area contributed by atoms with E-state index in [2.05, 4.69) is 98.8 Å². The van der Waals surface area contributed by atoms with Crippen molar-refractivity contribution in [1.29, 1.82) is 0 Å². The molecule has 1 aromatic heterocycles. The summed E-state index contributed by atoms with van der Waals surface area (Å²) in [5.41, 5.74) is 13.8. The number of fused-ring (bicyclic) bond motifs is 4. The van der Waals surface area contributed by atoms with E-state index in [1.54, 1.807) is 11.1 Å². The molecule has 0 radical (unpaired) electrons. The fraction of sp³-hybridized carbons (Fsp3) is 0.486. The third kappa shape index (κ3) is 6.04. The Bertz CT molecular complexity index is 1250. The first-order chi connectivity index (χ1) is 18.4. The molecule has 0 aliphatic heterocycles. The van der Waals surface area contributed by atoms with Crippen molar-refractivity contribution in [3.05, 3.63) is 81.9 Å². The highest BCUT2D eigenvalue weighted by molar-refractivity contribution is 7.00. The Morgan fingerprint density at radius 3 is 1.45 bits per heavy atom. The van der Waals surface area contributed by atoms with E-state index < -0.39 is 0 Å². The monoisotopic (exact) mass is 526 g/mol. The lowest BCUT2D eigenvalue weighted by Gasteiger charge is -2.33. The molecule has 0 saturated carbocycles. The molecule has 2 nitrogen and oxygen atoms in total. The molecular formula is C35H46N2S. The van der Waals surface area contributed by atoms with Crippen molar-refractivity contribution in [3.8, 4) is 11.1 Å². The number of aromatic nitrogens is 2. The van der Waals surface area contributed by atoms with Crippen LogP contribution in [0, 0.1) is 27.7 Å². The van der Waals surface area contributed by atoms with Crippen molar-refractivity contribution in [1.82, 2.24) is 8.75 Å². The summed E-state index contributed by atoms with van der Waals surface area (Å²) < 4.78 is 8.42. The van der Waals surface area contributed by atoms with Gasteiger partial charge in [-0.05, 0) is 73.9 Å². The van der Waals surface area contributed by atoms with Crippen LogP contribution < -0.4 is 0 Å². The van der Waals surface area contributed by atoms with Crippen molar-refractivity contribution in [3.63, 3.8) is 0 Å². The van der Waals surface area contributed by atoms with Gasteiger partial charge in [0.15, 0.2) is 0 Å². The summed E-state index contributed by atoms with van der Waals surface area (Å²) in [5.74, 6) is 0. The first kappa shape index (κ1) is 28.5. The molecule has 1 aliphatic carbocycles. The van der Waals surface area contributed by atoms with Crippen LogP contribution in [0.5, 0.6) is 0 Å². The molecule has 3 heteroatoms. The molecule has 0 spiro atoms. The highest BCUT2D eigenvalue weighted by atomic mass is 32.1. The molecule has 3 aromatic carbocycles. The minimum Gasteiger partial charge on any atom is -0.173 e. The normalized spacial score (nSPS) is 13.2. The molecule has 0 atom stereocenters.